The normalized spacial score (nSPS) is 10.5. The Kier molecular flexibility index (Phi) is 5.80. The number of thioether (sulfide) groups is 1. The largest absolute Gasteiger partial charge is 0.455 e. The Morgan fingerprint density at radius 2 is 1.95 bits per heavy atom. The Hall–Kier alpha value is -0.460. The molecule has 0 amide bonds. The van der Waals surface area contributed by atoms with Crippen molar-refractivity contribution >= 4 is 68.1 Å². The molecule has 0 unspecified atom stereocenters. The fraction of sp³-hybridized carbons (Fsp3) is 0.0714. The maximum absolute atomic E-state index is 6.17. The molecule has 2 aromatic rings. The standard InChI is InChI=1S/C14H10BrCl2NOS2/c1-21-12-4-2-3-10(13(12)14(18)20)19-11-6-8(16)7(15)5-9(11)17/h2-6H,1H3,(H2,18,20). The SMILES string of the molecule is CSc1cccc(Oc2cc(Cl)c(Br)cc2Cl)c1C(N)=S. The quantitative estimate of drug-likeness (QED) is 0.377. The van der Waals surface area contributed by atoms with E-state index in [1.54, 1.807) is 30.0 Å². The molecular formula is C14H10BrCl2NOS2. The van der Waals surface area contributed by atoms with Gasteiger partial charge in [-0.2, -0.15) is 0 Å². The summed E-state index contributed by atoms with van der Waals surface area (Å²) < 4.78 is 6.56. The van der Waals surface area contributed by atoms with Gasteiger partial charge in [-0.25, -0.2) is 0 Å². The van der Waals surface area contributed by atoms with Crippen LogP contribution in [0.3, 0.4) is 0 Å². The molecule has 0 spiro atoms. The lowest BCUT2D eigenvalue weighted by molar-refractivity contribution is 0.480. The molecule has 0 bridgehead atoms. The van der Waals surface area contributed by atoms with Crippen molar-refractivity contribution in [2.45, 2.75) is 4.90 Å². The molecule has 0 heterocycles. The molecule has 0 aromatic heterocycles. The van der Waals surface area contributed by atoms with Crippen LogP contribution in [0, 0.1) is 0 Å². The van der Waals surface area contributed by atoms with Crippen LogP contribution in [0.4, 0.5) is 0 Å². The van der Waals surface area contributed by atoms with Gasteiger partial charge in [0.1, 0.15) is 16.5 Å². The summed E-state index contributed by atoms with van der Waals surface area (Å²) in [6.07, 6.45) is 1.95. The zero-order valence-corrected chi connectivity index (χ0v) is 15.6. The monoisotopic (exact) mass is 421 g/mol. The van der Waals surface area contributed by atoms with Gasteiger partial charge in [0.25, 0.3) is 0 Å². The van der Waals surface area contributed by atoms with E-state index in [-0.39, 0.29) is 4.99 Å². The summed E-state index contributed by atoms with van der Waals surface area (Å²) in [6, 6.07) is 8.92. The summed E-state index contributed by atoms with van der Waals surface area (Å²) in [5.41, 5.74) is 6.50. The first-order chi connectivity index (χ1) is 9.93. The van der Waals surface area contributed by atoms with Crippen molar-refractivity contribution in [1.29, 1.82) is 0 Å². The second kappa shape index (κ2) is 7.20. The molecular weight excluding hydrogens is 413 g/mol. The highest BCUT2D eigenvalue weighted by Crippen LogP contribution is 2.38. The van der Waals surface area contributed by atoms with Crippen LogP contribution in [0.5, 0.6) is 11.5 Å². The van der Waals surface area contributed by atoms with Gasteiger partial charge in [0.2, 0.25) is 0 Å². The van der Waals surface area contributed by atoms with E-state index < -0.39 is 0 Å². The van der Waals surface area contributed by atoms with Crippen LogP contribution < -0.4 is 10.5 Å². The van der Waals surface area contributed by atoms with E-state index in [4.69, 9.17) is 45.9 Å². The summed E-state index contributed by atoms with van der Waals surface area (Å²) >= 11 is 22.2. The highest BCUT2D eigenvalue weighted by Gasteiger charge is 2.15. The molecule has 0 saturated carbocycles. The summed E-state index contributed by atoms with van der Waals surface area (Å²) in [7, 11) is 0. The van der Waals surface area contributed by atoms with Crippen LogP contribution in [0.25, 0.3) is 0 Å². The Morgan fingerprint density at radius 3 is 2.57 bits per heavy atom. The molecule has 2 nitrogen and oxygen atoms in total. The molecule has 0 aliphatic carbocycles. The van der Waals surface area contributed by atoms with Gasteiger partial charge >= 0.3 is 0 Å². The van der Waals surface area contributed by atoms with E-state index in [0.29, 0.717) is 31.6 Å². The third kappa shape index (κ3) is 3.85. The number of ether oxygens (including phenoxy) is 1. The number of benzene rings is 2. The Balaban J connectivity index is 2.49. The van der Waals surface area contributed by atoms with Gasteiger partial charge < -0.3 is 10.5 Å². The Morgan fingerprint density at radius 1 is 1.24 bits per heavy atom. The Bertz CT molecular complexity index is 710. The van der Waals surface area contributed by atoms with Gasteiger partial charge in [0.15, 0.2) is 0 Å². The molecule has 0 fully saturated rings. The number of hydrogen-bond donors (Lipinski definition) is 1. The van der Waals surface area contributed by atoms with Gasteiger partial charge in [-0.1, -0.05) is 41.5 Å². The summed E-state index contributed by atoms with van der Waals surface area (Å²) in [4.78, 5) is 1.22. The maximum atomic E-state index is 6.17. The van der Waals surface area contributed by atoms with Crippen LogP contribution in [0.2, 0.25) is 10.0 Å². The van der Waals surface area contributed by atoms with E-state index in [2.05, 4.69) is 15.9 Å². The molecule has 0 atom stereocenters. The van der Waals surface area contributed by atoms with Gasteiger partial charge in [-0.3, -0.25) is 0 Å². The first-order valence-corrected chi connectivity index (χ1v) is 8.91. The molecule has 21 heavy (non-hydrogen) atoms. The fourth-order valence-electron chi connectivity index (χ4n) is 1.71. The minimum absolute atomic E-state index is 0.272. The zero-order chi connectivity index (χ0) is 15.6. The lowest BCUT2D eigenvalue weighted by Crippen LogP contribution is -2.12. The van der Waals surface area contributed by atoms with Crippen LogP contribution in [-0.4, -0.2) is 11.2 Å². The van der Waals surface area contributed by atoms with Crippen molar-refractivity contribution in [3.8, 4) is 11.5 Å². The number of halogens is 3. The third-order valence-electron chi connectivity index (χ3n) is 2.65. The molecule has 2 N–H and O–H groups in total. The first-order valence-electron chi connectivity index (χ1n) is 5.73. The van der Waals surface area contributed by atoms with E-state index in [1.807, 2.05) is 18.4 Å². The Labute approximate surface area is 151 Å². The lowest BCUT2D eigenvalue weighted by atomic mass is 10.2. The van der Waals surface area contributed by atoms with Crippen molar-refractivity contribution in [2.24, 2.45) is 5.73 Å². The summed E-state index contributed by atoms with van der Waals surface area (Å²) in [6.45, 7) is 0. The van der Waals surface area contributed by atoms with Crippen LogP contribution in [0.1, 0.15) is 5.56 Å². The van der Waals surface area contributed by atoms with Crippen molar-refractivity contribution in [3.63, 3.8) is 0 Å². The van der Waals surface area contributed by atoms with Crippen LogP contribution >= 0.6 is 63.1 Å². The molecule has 0 saturated heterocycles. The minimum Gasteiger partial charge on any atom is -0.455 e. The maximum Gasteiger partial charge on any atom is 0.147 e. The second-order valence-corrected chi connectivity index (χ2v) is 6.95. The number of hydrogen-bond acceptors (Lipinski definition) is 3. The number of nitrogens with two attached hydrogens (primary N) is 1. The van der Waals surface area contributed by atoms with Crippen LogP contribution in [0.15, 0.2) is 39.7 Å². The van der Waals surface area contributed by atoms with Gasteiger partial charge in [0.05, 0.1) is 15.6 Å². The van der Waals surface area contributed by atoms with Gasteiger partial charge in [-0.05, 0) is 40.4 Å². The van der Waals surface area contributed by atoms with Gasteiger partial charge in [0, 0.05) is 15.4 Å². The molecule has 2 aromatic carbocycles. The second-order valence-electron chi connectivity index (χ2n) is 4.00. The predicted octanol–water partition coefficient (Wildman–Crippen LogP) is 5.90. The minimum atomic E-state index is 0.272. The zero-order valence-electron chi connectivity index (χ0n) is 10.8. The highest BCUT2D eigenvalue weighted by atomic mass is 79.9. The average Bonchev–Trinajstić information content (AvgIpc) is 2.44. The summed E-state index contributed by atoms with van der Waals surface area (Å²) in [5.74, 6) is 0.996. The number of rotatable bonds is 4. The molecule has 7 heteroatoms. The molecule has 0 aliphatic rings. The van der Waals surface area contributed by atoms with E-state index in [1.165, 1.54) is 0 Å². The topological polar surface area (TPSA) is 35.2 Å². The molecule has 110 valence electrons. The molecule has 2 rings (SSSR count). The van der Waals surface area contributed by atoms with Crippen molar-refractivity contribution < 1.29 is 4.74 Å². The van der Waals surface area contributed by atoms with E-state index >= 15 is 0 Å². The smallest absolute Gasteiger partial charge is 0.147 e. The van der Waals surface area contributed by atoms with Crippen molar-refractivity contribution in [3.05, 3.63) is 50.4 Å². The van der Waals surface area contributed by atoms with E-state index in [9.17, 15) is 0 Å². The van der Waals surface area contributed by atoms with E-state index in [0.717, 1.165) is 4.90 Å². The molecule has 0 radical (unpaired) electrons. The first kappa shape index (κ1) is 16.9. The molecule has 0 aliphatic heterocycles. The fourth-order valence-corrected chi connectivity index (χ4v) is 3.45. The number of thiocarbonyl (C=S) groups is 1. The average molecular weight is 423 g/mol. The third-order valence-corrected chi connectivity index (χ3v) is 5.13. The van der Waals surface area contributed by atoms with Crippen molar-refractivity contribution in [2.75, 3.05) is 6.26 Å². The lowest BCUT2D eigenvalue weighted by Gasteiger charge is -2.14. The van der Waals surface area contributed by atoms with Gasteiger partial charge in [-0.15, -0.1) is 11.8 Å². The highest BCUT2D eigenvalue weighted by molar-refractivity contribution is 9.10. The van der Waals surface area contributed by atoms with Crippen LogP contribution in [-0.2, 0) is 0 Å². The summed E-state index contributed by atoms with van der Waals surface area (Å²) in [5, 5.41) is 0.946. The predicted molar refractivity (Wildman–Crippen MR) is 98.3 cm³/mol. The van der Waals surface area contributed by atoms with Crippen molar-refractivity contribution in [1.82, 2.24) is 0 Å².